The van der Waals surface area contributed by atoms with E-state index in [1.54, 1.807) is 57.2 Å². The molecule has 2 amide bonds. The Balaban J connectivity index is 0.917. The van der Waals surface area contributed by atoms with E-state index < -0.39 is 11.7 Å². The lowest BCUT2D eigenvalue weighted by molar-refractivity contribution is -0.114. The standard InChI is InChI=1S/C43H48N6O9S2/c1-22(50)44-37-35(59-39(47-37)45-26-7-5-6-8-26)34(52)24-10-12-29-31(18-24)57-32(21-56-29)43-14-13-25(19-43)27(20-43)46-40-48-38(49-41(53)58-42(2,3)4)36(60-40)33(51)23-9-11-28-30(17-23)55-16-15-54-28/h9-12,17-18,25-27,32H,5-8,13-16,19-21H2,1-4H3,(H,44,50)(H,45,47)(H,46,48)(H,49,53)/t25?,27-,32?,43?/m0/s1. The number of benzene rings is 2. The summed E-state index contributed by atoms with van der Waals surface area (Å²) in [6.07, 6.45) is 7.02. The molecule has 60 heavy (non-hydrogen) atoms. The topological polar surface area (TPSA) is 188 Å². The second-order valence-corrected chi connectivity index (χ2v) is 19.2. The molecule has 9 rings (SSSR count). The van der Waals surface area contributed by atoms with Crippen LogP contribution in [0.2, 0.25) is 0 Å². The Morgan fingerprint density at radius 3 is 2.05 bits per heavy atom. The highest BCUT2D eigenvalue weighted by atomic mass is 32.1. The van der Waals surface area contributed by atoms with Gasteiger partial charge in [0.1, 0.15) is 41.3 Å². The van der Waals surface area contributed by atoms with E-state index in [9.17, 15) is 19.2 Å². The minimum absolute atomic E-state index is 0.0278. The summed E-state index contributed by atoms with van der Waals surface area (Å²) in [5.74, 6) is 1.93. The number of hydrogen-bond acceptors (Lipinski definition) is 15. The molecule has 4 aromatic rings. The number of ketones is 2. The molecule has 0 saturated heterocycles. The van der Waals surface area contributed by atoms with Crippen molar-refractivity contribution >= 4 is 68.1 Å². The third-order valence-corrected chi connectivity index (χ3v) is 13.8. The first-order valence-corrected chi connectivity index (χ1v) is 22.2. The molecule has 0 radical (unpaired) electrons. The minimum atomic E-state index is -0.754. The summed E-state index contributed by atoms with van der Waals surface area (Å²) in [5.41, 5.74) is -0.165. The Morgan fingerprint density at radius 1 is 0.767 bits per heavy atom. The molecule has 2 aliphatic heterocycles. The number of ether oxygens (including phenoxy) is 5. The number of amides is 2. The van der Waals surface area contributed by atoms with Crippen molar-refractivity contribution < 1.29 is 42.9 Å². The lowest BCUT2D eigenvalue weighted by atomic mass is 9.77. The minimum Gasteiger partial charge on any atom is -0.486 e. The summed E-state index contributed by atoms with van der Waals surface area (Å²) in [7, 11) is 0. The molecular weight excluding hydrogens is 809 g/mol. The molecule has 4 heterocycles. The van der Waals surface area contributed by atoms with E-state index in [0.717, 1.165) is 51.4 Å². The van der Waals surface area contributed by atoms with Crippen LogP contribution in [0.1, 0.15) is 110 Å². The molecule has 3 fully saturated rings. The first-order valence-electron chi connectivity index (χ1n) is 20.5. The van der Waals surface area contributed by atoms with Crippen molar-refractivity contribution in [2.75, 3.05) is 41.1 Å². The summed E-state index contributed by atoms with van der Waals surface area (Å²) < 4.78 is 29.9. The summed E-state index contributed by atoms with van der Waals surface area (Å²) >= 11 is 2.43. The Hall–Kier alpha value is -5.42. The Bertz CT molecular complexity index is 2350. The van der Waals surface area contributed by atoms with E-state index >= 15 is 0 Å². The molecular formula is C43H48N6O9S2. The number of thiazole rings is 2. The fourth-order valence-electron chi connectivity index (χ4n) is 9.10. The summed E-state index contributed by atoms with van der Waals surface area (Å²) in [6, 6.07) is 10.6. The zero-order valence-corrected chi connectivity index (χ0v) is 35.6. The molecule has 3 aliphatic carbocycles. The van der Waals surface area contributed by atoms with Crippen LogP contribution < -0.4 is 40.2 Å². The number of aromatic nitrogens is 2. The predicted molar refractivity (Wildman–Crippen MR) is 227 cm³/mol. The molecule has 2 aromatic carbocycles. The monoisotopic (exact) mass is 856 g/mol. The first-order chi connectivity index (χ1) is 28.8. The number of nitrogens with one attached hydrogen (secondary N) is 4. The van der Waals surface area contributed by atoms with Crippen LogP contribution in [0.5, 0.6) is 23.0 Å². The van der Waals surface area contributed by atoms with Crippen molar-refractivity contribution in [2.45, 2.75) is 103 Å². The van der Waals surface area contributed by atoms with E-state index in [-0.39, 0.29) is 51.5 Å². The molecule has 4 atom stereocenters. The lowest BCUT2D eigenvalue weighted by Gasteiger charge is -2.40. The van der Waals surface area contributed by atoms with Crippen LogP contribution >= 0.6 is 22.7 Å². The van der Waals surface area contributed by atoms with Crippen LogP contribution in [0.3, 0.4) is 0 Å². The SMILES string of the molecule is CC(=O)Nc1nc(NC2CCCC2)sc1C(=O)c1ccc2c(c1)OC(C13CCC(C1)[C@@H](Nc1nc(NC(=O)OC(C)(C)C)c(C(=O)c4ccc5c(c4)OCCO5)s1)C3)CO2. The van der Waals surface area contributed by atoms with E-state index in [1.807, 2.05) is 0 Å². The van der Waals surface area contributed by atoms with Gasteiger partial charge in [0.2, 0.25) is 17.5 Å². The van der Waals surface area contributed by atoms with Crippen molar-refractivity contribution in [3.8, 4) is 23.0 Å². The van der Waals surface area contributed by atoms with Gasteiger partial charge in [-0.2, -0.15) is 0 Å². The Labute approximate surface area is 355 Å². The van der Waals surface area contributed by atoms with Gasteiger partial charge in [0, 0.05) is 35.5 Å². The van der Waals surface area contributed by atoms with E-state index in [4.69, 9.17) is 28.7 Å². The number of hydrogen-bond donors (Lipinski definition) is 4. The van der Waals surface area contributed by atoms with Gasteiger partial charge in [-0.05, 0) is 102 Å². The van der Waals surface area contributed by atoms with Crippen molar-refractivity contribution in [3.63, 3.8) is 0 Å². The normalized spacial score (nSPS) is 22.9. The molecule has 3 unspecified atom stereocenters. The predicted octanol–water partition coefficient (Wildman–Crippen LogP) is 8.30. The third kappa shape index (κ3) is 8.20. The average Bonchev–Trinajstić information content (AvgIpc) is 4.07. The van der Waals surface area contributed by atoms with Crippen LogP contribution in [0.15, 0.2) is 36.4 Å². The van der Waals surface area contributed by atoms with Gasteiger partial charge < -0.3 is 39.6 Å². The second-order valence-electron chi connectivity index (χ2n) is 17.2. The van der Waals surface area contributed by atoms with Gasteiger partial charge in [0.05, 0.1) is 0 Å². The second kappa shape index (κ2) is 15.9. The van der Waals surface area contributed by atoms with Crippen LogP contribution in [0.25, 0.3) is 0 Å². The maximum absolute atomic E-state index is 14.0. The Kier molecular flexibility index (Phi) is 10.6. The number of carbonyl (C=O) groups is 4. The van der Waals surface area contributed by atoms with Crippen LogP contribution in [0, 0.1) is 11.3 Å². The van der Waals surface area contributed by atoms with Gasteiger partial charge >= 0.3 is 6.09 Å². The number of anilines is 4. The highest BCUT2D eigenvalue weighted by molar-refractivity contribution is 7.18. The van der Waals surface area contributed by atoms with Crippen molar-refractivity contribution in [2.24, 2.45) is 11.3 Å². The average molecular weight is 857 g/mol. The maximum atomic E-state index is 14.0. The Morgan fingerprint density at radius 2 is 1.38 bits per heavy atom. The van der Waals surface area contributed by atoms with Gasteiger partial charge in [0.15, 0.2) is 44.9 Å². The van der Waals surface area contributed by atoms with E-state index in [1.165, 1.54) is 29.6 Å². The molecule has 5 aliphatic rings. The van der Waals surface area contributed by atoms with Gasteiger partial charge in [-0.15, -0.1) is 0 Å². The molecule has 0 spiro atoms. The third-order valence-electron chi connectivity index (χ3n) is 11.8. The molecule has 2 aromatic heterocycles. The van der Waals surface area contributed by atoms with Crippen LogP contribution in [-0.2, 0) is 9.53 Å². The highest BCUT2D eigenvalue weighted by Gasteiger charge is 2.56. The molecule has 15 nitrogen and oxygen atoms in total. The largest absolute Gasteiger partial charge is 0.486 e. The van der Waals surface area contributed by atoms with Crippen molar-refractivity contribution in [1.29, 1.82) is 0 Å². The zero-order chi connectivity index (χ0) is 41.8. The highest BCUT2D eigenvalue weighted by Crippen LogP contribution is 2.58. The van der Waals surface area contributed by atoms with Crippen molar-refractivity contribution in [3.05, 3.63) is 57.3 Å². The summed E-state index contributed by atoms with van der Waals surface area (Å²) in [5, 5.41) is 13.6. The van der Waals surface area contributed by atoms with Gasteiger partial charge in [-0.3, -0.25) is 19.7 Å². The quantitative estimate of drug-likeness (QED) is 0.106. The lowest BCUT2D eigenvalue weighted by Crippen LogP contribution is -2.44. The smallest absolute Gasteiger partial charge is 0.413 e. The van der Waals surface area contributed by atoms with Crippen LogP contribution in [-0.4, -0.2) is 77.1 Å². The van der Waals surface area contributed by atoms with E-state index in [2.05, 4.69) is 26.3 Å². The van der Waals surface area contributed by atoms with E-state index in [0.29, 0.717) is 81.0 Å². The number of carbonyl (C=O) groups excluding carboxylic acids is 4. The maximum Gasteiger partial charge on any atom is 0.413 e. The first kappa shape index (κ1) is 40.0. The number of fused-ring (bicyclic) bond motifs is 4. The fourth-order valence-corrected chi connectivity index (χ4v) is 11.0. The van der Waals surface area contributed by atoms with Crippen molar-refractivity contribution in [1.82, 2.24) is 9.97 Å². The van der Waals surface area contributed by atoms with Crippen LogP contribution in [0.4, 0.5) is 26.7 Å². The van der Waals surface area contributed by atoms with Gasteiger partial charge in [-0.25, -0.2) is 14.8 Å². The van der Waals surface area contributed by atoms with Gasteiger partial charge in [-0.1, -0.05) is 35.5 Å². The molecule has 4 N–H and O–H groups in total. The zero-order valence-electron chi connectivity index (χ0n) is 33.9. The summed E-state index contributed by atoms with van der Waals surface area (Å²) in [6.45, 7) is 7.89. The molecule has 17 heteroatoms. The molecule has 2 bridgehead atoms. The molecule has 316 valence electrons. The fraction of sp³-hybridized carbons (Fsp3) is 0.488. The number of nitrogens with zero attached hydrogens (tertiary/aromatic N) is 2. The summed E-state index contributed by atoms with van der Waals surface area (Å²) in [4.78, 5) is 62.9. The van der Waals surface area contributed by atoms with Gasteiger partial charge in [0.25, 0.3) is 0 Å². The molecule has 3 saturated carbocycles. The number of rotatable bonds is 11.